The van der Waals surface area contributed by atoms with Crippen molar-refractivity contribution in [2.45, 2.75) is 45.8 Å². The number of aliphatic hydroxyl groups excluding tert-OH is 1. The molecule has 5 heteroatoms. The van der Waals surface area contributed by atoms with Crippen molar-refractivity contribution in [3.63, 3.8) is 0 Å². The van der Waals surface area contributed by atoms with E-state index in [9.17, 15) is 9.90 Å². The molecule has 5 nitrogen and oxygen atoms in total. The number of aliphatic hydroxyl groups is 1. The van der Waals surface area contributed by atoms with E-state index in [2.05, 4.69) is 17.3 Å². The summed E-state index contributed by atoms with van der Waals surface area (Å²) in [6, 6.07) is 9.19. The minimum atomic E-state index is -0.795. The molecule has 1 atom stereocenters. The van der Waals surface area contributed by atoms with E-state index in [1.807, 2.05) is 41.9 Å². The number of aryl methyl sites for hydroxylation is 1. The van der Waals surface area contributed by atoms with Crippen LogP contribution in [0.15, 0.2) is 36.5 Å². The maximum atomic E-state index is 12.1. The van der Waals surface area contributed by atoms with Crippen molar-refractivity contribution in [2.75, 3.05) is 5.32 Å². The molecule has 0 aliphatic heterocycles. The first kappa shape index (κ1) is 16.2. The normalized spacial score (nSPS) is 12.1. The minimum Gasteiger partial charge on any atom is -0.388 e. The van der Waals surface area contributed by atoms with Crippen LogP contribution in [0.1, 0.15) is 43.5 Å². The first-order valence-electron chi connectivity index (χ1n) is 7.67. The molecule has 1 aromatic heterocycles. The van der Waals surface area contributed by atoms with Crippen molar-refractivity contribution < 1.29 is 9.90 Å². The predicted molar refractivity (Wildman–Crippen MR) is 86.5 cm³/mol. The molecule has 118 valence electrons. The smallest absolute Gasteiger partial charge is 0.227 e. The first-order chi connectivity index (χ1) is 10.6. The quantitative estimate of drug-likeness (QED) is 0.826. The number of amides is 1. The SMILES string of the molecule is CCCCn1ncc(NC(=O)CC(O)c2ccccc2)c1C. The molecule has 1 aromatic carbocycles. The van der Waals surface area contributed by atoms with Crippen molar-refractivity contribution in [3.8, 4) is 0 Å². The van der Waals surface area contributed by atoms with Crippen LogP contribution in [0.4, 0.5) is 5.69 Å². The Balaban J connectivity index is 1.93. The summed E-state index contributed by atoms with van der Waals surface area (Å²) in [6.45, 7) is 4.92. The fourth-order valence-electron chi connectivity index (χ4n) is 2.27. The third kappa shape index (κ3) is 4.18. The minimum absolute atomic E-state index is 0.0313. The van der Waals surface area contributed by atoms with Crippen LogP contribution in [-0.4, -0.2) is 20.8 Å². The number of rotatable bonds is 7. The predicted octanol–water partition coefficient (Wildman–Crippen LogP) is 3.05. The lowest BCUT2D eigenvalue weighted by atomic mass is 10.1. The molecule has 22 heavy (non-hydrogen) atoms. The van der Waals surface area contributed by atoms with Crippen molar-refractivity contribution in [1.29, 1.82) is 0 Å². The third-order valence-corrected chi connectivity index (χ3v) is 3.66. The standard InChI is InChI=1S/C17H23N3O2/c1-3-4-10-20-13(2)15(12-18-20)19-17(22)11-16(21)14-8-6-5-7-9-14/h5-9,12,16,21H,3-4,10-11H2,1-2H3,(H,19,22). The second-order valence-electron chi connectivity index (χ2n) is 5.40. The molecule has 2 aromatic rings. The van der Waals surface area contributed by atoms with Crippen LogP contribution in [0.25, 0.3) is 0 Å². The molecule has 0 aliphatic carbocycles. The Morgan fingerprint density at radius 1 is 1.36 bits per heavy atom. The molecule has 2 N–H and O–H groups in total. The van der Waals surface area contributed by atoms with Crippen LogP contribution < -0.4 is 5.32 Å². The zero-order valence-corrected chi connectivity index (χ0v) is 13.1. The van der Waals surface area contributed by atoms with Gasteiger partial charge in [0, 0.05) is 6.54 Å². The summed E-state index contributed by atoms with van der Waals surface area (Å²) in [7, 11) is 0. The number of nitrogens with one attached hydrogen (secondary N) is 1. The van der Waals surface area contributed by atoms with Crippen LogP contribution >= 0.6 is 0 Å². The van der Waals surface area contributed by atoms with Gasteiger partial charge in [0.2, 0.25) is 5.91 Å². The van der Waals surface area contributed by atoms with Gasteiger partial charge in [0.25, 0.3) is 0 Å². The second kappa shape index (κ2) is 7.75. The topological polar surface area (TPSA) is 67.2 Å². The van der Waals surface area contributed by atoms with E-state index >= 15 is 0 Å². The van der Waals surface area contributed by atoms with Gasteiger partial charge in [-0.25, -0.2) is 0 Å². The Hall–Kier alpha value is -2.14. The van der Waals surface area contributed by atoms with Crippen molar-refractivity contribution in [2.24, 2.45) is 0 Å². The average molecular weight is 301 g/mol. The summed E-state index contributed by atoms with van der Waals surface area (Å²) < 4.78 is 1.90. The first-order valence-corrected chi connectivity index (χ1v) is 7.67. The Labute approximate surface area is 131 Å². The fourth-order valence-corrected chi connectivity index (χ4v) is 2.27. The maximum Gasteiger partial charge on any atom is 0.227 e. The molecule has 0 saturated carbocycles. The molecular weight excluding hydrogens is 278 g/mol. The number of anilines is 1. The maximum absolute atomic E-state index is 12.1. The van der Waals surface area contributed by atoms with Crippen LogP contribution in [0.5, 0.6) is 0 Å². The summed E-state index contributed by atoms with van der Waals surface area (Å²) in [5.74, 6) is -0.213. The number of hydrogen-bond acceptors (Lipinski definition) is 3. The van der Waals surface area contributed by atoms with Gasteiger partial charge in [-0.05, 0) is 18.9 Å². The van der Waals surface area contributed by atoms with Crippen molar-refractivity contribution >= 4 is 11.6 Å². The molecule has 2 rings (SSSR count). The van der Waals surface area contributed by atoms with E-state index in [-0.39, 0.29) is 12.3 Å². The average Bonchev–Trinajstić information content (AvgIpc) is 2.86. The van der Waals surface area contributed by atoms with E-state index in [1.165, 1.54) is 0 Å². The van der Waals surface area contributed by atoms with Gasteiger partial charge < -0.3 is 10.4 Å². The summed E-state index contributed by atoms with van der Waals surface area (Å²) >= 11 is 0. The second-order valence-corrected chi connectivity index (χ2v) is 5.40. The number of aromatic nitrogens is 2. The molecule has 1 amide bonds. The van der Waals surface area contributed by atoms with Gasteiger partial charge in [-0.2, -0.15) is 5.10 Å². The lowest BCUT2D eigenvalue weighted by Gasteiger charge is -2.11. The molecule has 1 unspecified atom stereocenters. The van der Waals surface area contributed by atoms with Gasteiger partial charge >= 0.3 is 0 Å². The number of unbranched alkanes of at least 4 members (excludes halogenated alkanes) is 1. The zero-order chi connectivity index (χ0) is 15.9. The van der Waals surface area contributed by atoms with Gasteiger partial charge in [0.05, 0.1) is 30.1 Å². The molecule has 0 aliphatic rings. The Morgan fingerprint density at radius 3 is 2.77 bits per heavy atom. The highest BCUT2D eigenvalue weighted by Crippen LogP contribution is 2.19. The molecule has 0 spiro atoms. The van der Waals surface area contributed by atoms with Gasteiger partial charge in [0.1, 0.15) is 0 Å². The lowest BCUT2D eigenvalue weighted by molar-refractivity contribution is -0.118. The number of hydrogen-bond donors (Lipinski definition) is 2. The van der Waals surface area contributed by atoms with Crippen molar-refractivity contribution in [3.05, 3.63) is 47.8 Å². The van der Waals surface area contributed by atoms with E-state index in [0.29, 0.717) is 5.69 Å². The van der Waals surface area contributed by atoms with E-state index < -0.39 is 6.10 Å². The molecule has 0 fully saturated rings. The van der Waals surface area contributed by atoms with E-state index in [4.69, 9.17) is 0 Å². The summed E-state index contributed by atoms with van der Waals surface area (Å²) in [6.07, 6.45) is 3.06. The molecule has 0 bridgehead atoms. The van der Waals surface area contributed by atoms with Gasteiger partial charge in [-0.3, -0.25) is 9.48 Å². The van der Waals surface area contributed by atoms with E-state index in [1.54, 1.807) is 6.20 Å². The molecule has 0 saturated heterocycles. The Bertz CT molecular complexity index is 608. The van der Waals surface area contributed by atoms with Gasteiger partial charge in [-0.1, -0.05) is 43.7 Å². The third-order valence-electron chi connectivity index (χ3n) is 3.66. The number of carbonyl (C=O) groups is 1. The molecular formula is C17H23N3O2. The highest BCUT2D eigenvalue weighted by Gasteiger charge is 2.15. The highest BCUT2D eigenvalue weighted by atomic mass is 16.3. The van der Waals surface area contributed by atoms with Crippen LogP contribution in [0.2, 0.25) is 0 Å². The van der Waals surface area contributed by atoms with Crippen LogP contribution in [0, 0.1) is 6.92 Å². The number of benzene rings is 1. The molecule has 1 heterocycles. The van der Waals surface area contributed by atoms with Crippen molar-refractivity contribution in [1.82, 2.24) is 9.78 Å². The van der Waals surface area contributed by atoms with E-state index in [0.717, 1.165) is 30.6 Å². The Morgan fingerprint density at radius 2 is 2.09 bits per heavy atom. The van der Waals surface area contributed by atoms with Gasteiger partial charge in [-0.15, -0.1) is 0 Å². The summed E-state index contributed by atoms with van der Waals surface area (Å²) in [5.41, 5.74) is 2.39. The zero-order valence-electron chi connectivity index (χ0n) is 13.1. The monoisotopic (exact) mass is 301 g/mol. The summed E-state index contributed by atoms with van der Waals surface area (Å²) in [4.78, 5) is 12.1. The Kier molecular flexibility index (Phi) is 5.72. The van der Waals surface area contributed by atoms with Gasteiger partial charge in [0.15, 0.2) is 0 Å². The summed E-state index contributed by atoms with van der Waals surface area (Å²) in [5, 5.41) is 17.2. The van der Waals surface area contributed by atoms with Crippen LogP contribution in [-0.2, 0) is 11.3 Å². The fraction of sp³-hybridized carbons (Fsp3) is 0.412. The highest BCUT2D eigenvalue weighted by molar-refractivity contribution is 5.91. The molecule has 0 radical (unpaired) electrons. The van der Waals surface area contributed by atoms with Crippen LogP contribution in [0.3, 0.4) is 0 Å². The number of nitrogens with zero attached hydrogens (tertiary/aromatic N) is 2. The number of carbonyl (C=O) groups excluding carboxylic acids is 1. The largest absolute Gasteiger partial charge is 0.388 e. The lowest BCUT2D eigenvalue weighted by Crippen LogP contribution is -2.16.